The monoisotopic (exact) mass is 190 g/mol. The van der Waals surface area contributed by atoms with Gasteiger partial charge in [0, 0.05) is 6.04 Å². The molecule has 1 unspecified atom stereocenters. The Morgan fingerprint density at radius 1 is 1.43 bits per heavy atom. The van der Waals surface area contributed by atoms with Gasteiger partial charge in [-0.15, -0.1) is 0 Å². The average Bonchev–Trinajstić information content (AvgIpc) is 2.19. The van der Waals surface area contributed by atoms with Crippen LogP contribution in [0.3, 0.4) is 0 Å². The number of aliphatic hydroxyl groups is 1. The van der Waals surface area contributed by atoms with Crippen molar-refractivity contribution in [3.05, 3.63) is 35.4 Å². The Kier molecular flexibility index (Phi) is 3.63. The predicted octanol–water partition coefficient (Wildman–Crippen LogP) is 0.809. The Bertz CT molecular complexity index is 324. The fourth-order valence-corrected chi connectivity index (χ4v) is 1.16. The Labute approximate surface area is 83.8 Å². The average molecular weight is 190 g/mol. The molecule has 14 heavy (non-hydrogen) atoms. The summed E-state index contributed by atoms with van der Waals surface area (Å²) in [6, 6.07) is 9.03. The zero-order valence-corrected chi connectivity index (χ0v) is 8.14. The number of aliphatic hydroxyl groups excluding tert-OH is 1. The van der Waals surface area contributed by atoms with Crippen molar-refractivity contribution in [3.8, 4) is 6.07 Å². The molecule has 0 saturated carbocycles. The van der Waals surface area contributed by atoms with Gasteiger partial charge in [0.05, 0.1) is 17.7 Å². The van der Waals surface area contributed by atoms with Crippen LogP contribution in [0.25, 0.3) is 0 Å². The second kappa shape index (κ2) is 4.75. The first-order chi connectivity index (χ1) is 6.63. The van der Waals surface area contributed by atoms with E-state index in [1.54, 1.807) is 19.1 Å². The first kappa shape index (κ1) is 10.7. The summed E-state index contributed by atoms with van der Waals surface area (Å²) in [4.78, 5) is 0. The second-order valence-electron chi connectivity index (χ2n) is 3.42. The van der Waals surface area contributed by atoms with Gasteiger partial charge < -0.3 is 10.8 Å². The molecule has 0 spiro atoms. The summed E-state index contributed by atoms with van der Waals surface area (Å²) in [5.74, 6) is 0. The fourth-order valence-electron chi connectivity index (χ4n) is 1.16. The van der Waals surface area contributed by atoms with Crippen LogP contribution in [0.15, 0.2) is 24.3 Å². The quantitative estimate of drug-likeness (QED) is 0.741. The SMILES string of the molecule is CC(O)[C@H](N)Cc1ccc(C#N)cc1. The van der Waals surface area contributed by atoms with Gasteiger partial charge in [-0.3, -0.25) is 0 Å². The second-order valence-corrected chi connectivity index (χ2v) is 3.42. The van der Waals surface area contributed by atoms with Crippen LogP contribution in [0.4, 0.5) is 0 Å². The molecule has 0 aliphatic carbocycles. The van der Waals surface area contributed by atoms with Crippen molar-refractivity contribution in [3.63, 3.8) is 0 Å². The van der Waals surface area contributed by atoms with Crippen molar-refractivity contribution in [2.75, 3.05) is 0 Å². The van der Waals surface area contributed by atoms with Gasteiger partial charge in [0.15, 0.2) is 0 Å². The zero-order valence-electron chi connectivity index (χ0n) is 8.14. The molecule has 0 aliphatic rings. The van der Waals surface area contributed by atoms with Gasteiger partial charge in [-0.25, -0.2) is 0 Å². The Morgan fingerprint density at radius 2 is 2.00 bits per heavy atom. The van der Waals surface area contributed by atoms with E-state index in [1.165, 1.54) is 0 Å². The van der Waals surface area contributed by atoms with Crippen LogP contribution >= 0.6 is 0 Å². The normalized spacial score (nSPS) is 14.4. The van der Waals surface area contributed by atoms with Crippen molar-refractivity contribution >= 4 is 0 Å². The summed E-state index contributed by atoms with van der Waals surface area (Å²) in [5.41, 5.74) is 7.38. The Hall–Kier alpha value is -1.37. The molecule has 0 amide bonds. The smallest absolute Gasteiger partial charge is 0.0991 e. The fraction of sp³-hybridized carbons (Fsp3) is 0.364. The van der Waals surface area contributed by atoms with Gasteiger partial charge in [-0.05, 0) is 31.0 Å². The molecular formula is C11H14N2O. The van der Waals surface area contributed by atoms with Crippen molar-refractivity contribution in [1.29, 1.82) is 5.26 Å². The molecule has 3 heteroatoms. The number of nitrogens with zero attached hydrogens (tertiary/aromatic N) is 1. The summed E-state index contributed by atoms with van der Waals surface area (Å²) in [5, 5.41) is 17.8. The molecule has 0 bridgehead atoms. The minimum atomic E-state index is -0.509. The number of hydrogen-bond donors (Lipinski definition) is 2. The standard InChI is InChI=1S/C11H14N2O/c1-8(14)11(13)6-9-2-4-10(7-12)5-3-9/h2-5,8,11,14H,6,13H2,1H3/t8?,11-/m1/s1. The lowest BCUT2D eigenvalue weighted by molar-refractivity contribution is 0.163. The van der Waals surface area contributed by atoms with Gasteiger partial charge in [-0.2, -0.15) is 5.26 Å². The number of nitriles is 1. The van der Waals surface area contributed by atoms with E-state index in [4.69, 9.17) is 11.0 Å². The molecule has 0 radical (unpaired) electrons. The molecule has 0 aromatic heterocycles. The summed E-state index contributed by atoms with van der Waals surface area (Å²) in [7, 11) is 0. The van der Waals surface area contributed by atoms with Crippen LogP contribution in [0, 0.1) is 11.3 Å². The van der Waals surface area contributed by atoms with Crippen molar-refractivity contribution in [2.24, 2.45) is 5.73 Å². The molecule has 2 atom stereocenters. The minimum Gasteiger partial charge on any atom is -0.392 e. The van der Waals surface area contributed by atoms with Crippen LogP contribution in [0.1, 0.15) is 18.1 Å². The molecule has 1 rings (SSSR count). The van der Waals surface area contributed by atoms with E-state index in [2.05, 4.69) is 0 Å². The molecule has 3 nitrogen and oxygen atoms in total. The lowest BCUT2D eigenvalue weighted by Gasteiger charge is -2.14. The highest BCUT2D eigenvalue weighted by Crippen LogP contribution is 2.06. The van der Waals surface area contributed by atoms with Crippen molar-refractivity contribution in [2.45, 2.75) is 25.5 Å². The molecule has 74 valence electrons. The van der Waals surface area contributed by atoms with E-state index in [9.17, 15) is 5.11 Å². The summed E-state index contributed by atoms with van der Waals surface area (Å²) in [6.07, 6.45) is 0.120. The lowest BCUT2D eigenvalue weighted by Crippen LogP contribution is -2.34. The highest BCUT2D eigenvalue weighted by atomic mass is 16.3. The van der Waals surface area contributed by atoms with Crippen LogP contribution in [0.2, 0.25) is 0 Å². The molecule has 0 aliphatic heterocycles. The van der Waals surface area contributed by atoms with Gasteiger partial charge >= 0.3 is 0 Å². The van der Waals surface area contributed by atoms with Gasteiger partial charge in [-0.1, -0.05) is 12.1 Å². The van der Waals surface area contributed by atoms with Crippen LogP contribution < -0.4 is 5.73 Å². The van der Waals surface area contributed by atoms with E-state index in [0.717, 1.165) is 5.56 Å². The lowest BCUT2D eigenvalue weighted by atomic mass is 10.0. The summed E-state index contributed by atoms with van der Waals surface area (Å²) >= 11 is 0. The van der Waals surface area contributed by atoms with E-state index in [1.807, 2.05) is 18.2 Å². The third-order valence-electron chi connectivity index (χ3n) is 2.17. The number of benzene rings is 1. The van der Waals surface area contributed by atoms with Gasteiger partial charge in [0.25, 0.3) is 0 Å². The third kappa shape index (κ3) is 2.84. The summed E-state index contributed by atoms with van der Waals surface area (Å²) in [6.45, 7) is 1.67. The van der Waals surface area contributed by atoms with Crippen molar-refractivity contribution < 1.29 is 5.11 Å². The van der Waals surface area contributed by atoms with E-state index >= 15 is 0 Å². The molecule has 1 aromatic rings. The first-order valence-electron chi connectivity index (χ1n) is 4.56. The van der Waals surface area contributed by atoms with Gasteiger partial charge in [0.1, 0.15) is 0 Å². The van der Waals surface area contributed by atoms with Gasteiger partial charge in [0.2, 0.25) is 0 Å². The zero-order chi connectivity index (χ0) is 10.6. The summed E-state index contributed by atoms with van der Waals surface area (Å²) < 4.78 is 0. The first-order valence-corrected chi connectivity index (χ1v) is 4.56. The third-order valence-corrected chi connectivity index (χ3v) is 2.17. The Balaban J connectivity index is 2.65. The maximum atomic E-state index is 9.21. The molecule has 0 saturated heterocycles. The number of rotatable bonds is 3. The highest BCUT2D eigenvalue weighted by Gasteiger charge is 2.09. The van der Waals surface area contributed by atoms with E-state index in [-0.39, 0.29) is 6.04 Å². The van der Waals surface area contributed by atoms with Crippen LogP contribution in [-0.2, 0) is 6.42 Å². The minimum absolute atomic E-state index is 0.247. The molecule has 3 N–H and O–H groups in total. The van der Waals surface area contributed by atoms with E-state index in [0.29, 0.717) is 12.0 Å². The molecule has 0 heterocycles. The predicted molar refractivity (Wildman–Crippen MR) is 54.5 cm³/mol. The molecule has 1 aromatic carbocycles. The molecule has 0 fully saturated rings. The van der Waals surface area contributed by atoms with Crippen molar-refractivity contribution in [1.82, 2.24) is 0 Å². The number of nitrogens with two attached hydrogens (primary N) is 1. The molecular weight excluding hydrogens is 176 g/mol. The van der Waals surface area contributed by atoms with E-state index < -0.39 is 6.10 Å². The Morgan fingerprint density at radius 3 is 2.43 bits per heavy atom. The highest BCUT2D eigenvalue weighted by molar-refractivity contribution is 5.31. The van der Waals surface area contributed by atoms with Crippen LogP contribution in [0.5, 0.6) is 0 Å². The maximum absolute atomic E-state index is 9.21. The maximum Gasteiger partial charge on any atom is 0.0991 e. The largest absolute Gasteiger partial charge is 0.392 e. The topological polar surface area (TPSA) is 70.0 Å². The number of hydrogen-bond acceptors (Lipinski definition) is 3. The van der Waals surface area contributed by atoms with Crippen LogP contribution in [-0.4, -0.2) is 17.3 Å².